The Hall–Kier alpha value is -2.92. The van der Waals surface area contributed by atoms with Gasteiger partial charge in [0.15, 0.2) is 0 Å². The molecule has 26 heavy (non-hydrogen) atoms. The molecule has 0 aliphatic rings. The van der Waals surface area contributed by atoms with Crippen LogP contribution in [0.2, 0.25) is 0 Å². The van der Waals surface area contributed by atoms with Crippen molar-refractivity contribution < 1.29 is 14.3 Å². The first-order chi connectivity index (χ1) is 12.5. The van der Waals surface area contributed by atoms with Crippen LogP contribution in [0, 0.1) is 13.8 Å². The molecule has 0 spiro atoms. The van der Waals surface area contributed by atoms with E-state index in [1.54, 1.807) is 12.1 Å². The zero-order chi connectivity index (χ0) is 18.5. The molecule has 1 aromatic heterocycles. The molecule has 0 aliphatic heterocycles. The third kappa shape index (κ3) is 4.18. The van der Waals surface area contributed by atoms with Crippen molar-refractivity contribution in [3.8, 4) is 0 Å². The van der Waals surface area contributed by atoms with Crippen molar-refractivity contribution in [2.75, 3.05) is 5.32 Å². The van der Waals surface area contributed by atoms with E-state index < -0.39 is 12.1 Å². The Kier molecular flexibility index (Phi) is 5.49. The van der Waals surface area contributed by atoms with E-state index in [0.29, 0.717) is 16.1 Å². The van der Waals surface area contributed by atoms with Crippen molar-refractivity contribution in [1.82, 2.24) is 0 Å². The van der Waals surface area contributed by atoms with Gasteiger partial charge < -0.3 is 10.1 Å². The Morgan fingerprint density at radius 2 is 1.65 bits per heavy atom. The van der Waals surface area contributed by atoms with Gasteiger partial charge >= 0.3 is 5.97 Å². The fraction of sp³-hybridized carbons (Fsp3) is 0.143. The third-order valence-corrected chi connectivity index (χ3v) is 4.93. The minimum Gasteiger partial charge on any atom is -0.443 e. The van der Waals surface area contributed by atoms with Gasteiger partial charge in [0.05, 0.1) is 0 Å². The number of nitrogens with one attached hydrogen (secondary N) is 1. The standard InChI is InChI=1S/C21H19NO3S/c1-14-8-10-17(11-9-14)22-20(23)18(16-6-4-3-5-7-16)25-21(24)19-15(2)12-13-26-19/h3-13,18H,1-2H3,(H,22,23). The fourth-order valence-corrected chi connectivity index (χ4v) is 3.29. The topological polar surface area (TPSA) is 55.4 Å². The van der Waals surface area contributed by atoms with Crippen molar-refractivity contribution in [3.05, 3.63) is 87.6 Å². The van der Waals surface area contributed by atoms with Gasteiger partial charge in [0, 0.05) is 11.3 Å². The molecule has 132 valence electrons. The summed E-state index contributed by atoms with van der Waals surface area (Å²) in [5.74, 6) is -0.881. The molecule has 1 atom stereocenters. The molecule has 0 saturated carbocycles. The second-order valence-corrected chi connectivity index (χ2v) is 6.90. The van der Waals surface area contributed by atoms with Gasteiger partial charge in [-0.05, 0) is 43.0 Å². The van der Waals surface area contributed by atoms with Gasteiger partial charge in [-0.15, -0.1) is 11.3 Å². The van der Waals surface area contributed by atoms with Crippen LogP contribution < -0.4 is 5.32 Å². The average Bonchev–Trinajstić information content (AvgIpc) is 3.08. The van der Waals surface area contributed by atoms with Crippen molar-refractivity contribution in [3.63, 3.8) is 0 Å². The zero-order valence-electron chi connectivity index (χ0n) is 14.6. The van der Waals surface area contributed by atoms with Gasteiger partial charge in [0.2, 0.25) is 6.10 Å². The van der Waals surface area contributed by atoms with E-state index in [-0.39, 0.29) is 5.91 Å². The molecule has 0 radical (unpaired) electrons. The van der Waals surface area contributed by atoms with E-state index >= 15 is 0 Å². The second-order valence-electron chi connectivity index (χ2n) is 5.98. The van der Waals surface area contributed by atoms with Crippen molar-refractivity contribution in [2.24, 2.45) is 0 Å². The number of anilines is 1. The quantitative estimate of drug-likeness (QED) is 0.654. The summed E-state index contributed by atoms with van der Waals surface area (Å²) in [4.78, 5) is 25.8. The highest BCUT2D eigenvalue weighted by Gasteiger charge is 2.26. The number of thiophene rings is 1. The van der Waals surface area contributed by atoms with Crippen molar-refractivity contribution in [1.29, 1.82) is 0 Å². The number of carbonyl (C=O) groups excluding carboxylic acids is 2. The Morgan fingerprint density at radius 3 is 2.27 bits per heavy atom. The monoisotopic (exact) mass is 365 g/mol. The Balaban J connectivity index is 1.83. The Morgan fingerprint density at radius 1 is 0.962 bits per heavy atom. The number of hydrogen-bond acceptors (Lipinski definition) is 4. The van der Waals surface area contributed by atoms with E-state index in [1.165, 1.54) is 11.3 Å². The molecular weight excluding hydrogens is 346 g/mol. The smallest absolute Gasteiger partial charge is 0.349 e. The molecule has 1 amide bonds. The predicted molar refractivity (Wildman–Crippen MR) is 103 cm³/mol. The maximum absolute atomic E-state index is 12.8. The first kappa shape index (κ1) is 17.9. The van der Waals surface area contributed by atoms with E-state index in [9.17, 15) is 9.59 Å². The summed E-state index contributed by atoms with van der Waals surface area (Å²) >= 11 is 1.31. The van der Waals surface area contributed by atoms with E-state index in [2.05, 4.69) is 5.32 Å². The molecule has 1 N–H and O–H groups in total. The predicted octanol–water partition coefficient (Wildman–Crippen LogP) is 4.90. The fourth-order valence-electron chi connectivity index (χ4n) is 2.49. The summed E-state index contributed by atoms with van der Waals surface area (Å²) < 4.78 is 5.58. The SMILES string of the molecule is Cc1ccc(NC(=O)C(OC(=O)c2sccc2C)c2ccccc2)cc1. The van der Waals surface area contributed by atoms with Crippen LogP contribution in [0.25, 0.3) is 0 Å². The maximum Gasteiger partial charge on any atom is 0.349 e. The lowest BCUT2D eigenvalue weighted by Gasteiger charge is -2.18. The minimum absolute atomic E-state index is 0.386. The molecular formula is C21H19NO3S. The molecule has 2 aromatic carbocycles. The third-order valence-electron chi connectivity index (χ3n) is 3.93. The first-order valence-corrected chi connectivity index (χ1v) is 9.10. The van der Waals surface area contributed by atoms with Crippen LogP contribution in [0.4, 0.5) is 5.69 Å². The van der Waals surface area contributed by atoms with Gasteiger partial charge in [-0.3, -0.25) is 4.79 Å². The van der Waals surface area contributed by atoms with Crippen molar-refractivity contribution in [2.45, 2.75) is 20.0 Å². The van der Waals surface area contributed by atoms with Gasteiger partial charge in [-0.1, -0.05) is 48.0 Å². The minimum atomic E-state index is -1.02. The van der Waals surface area contributed by atoms with Crippen molar-refractivity contribution >= 4 is 28.9 Å². The van der Waals surface area contributed by atoms with Gasteiger partial charge in [0.1, 0.15) is 4.88 Å². The number of benzene rings is 2. The van der Waals surface area contributed by atoms with Crippen LogP contribution >= 0.6 is 11.3 Å². The zero-order valence-corrected chi connectivity index (χ0v) is 15.4. The lowest BCUT2D eigenvalue weighted by atomic mass is 10.1. The summed E-state index contributed by atoms with van der Waals surface area (Å²) in [6.07, 6.45) is -1.02. The largest absolute Gasteiger partial charge is 0.443 e. The summed E-state index contributed by atoms with van der Waals surface area (Å²) in [5, 5.41) is 4.65. The van der Waals surface area contributed by atoms with Crippen LogP contribution in [-0.4, -0.2) is 11.9 Å². The van der Waals surface area contributed by atoms with E-state index in [4.69, 9.17) is 4.74 Å². The van der Waals surface area contributed by atoms with E-state index in [1.807, 2.05) is 67.8 Å². The molecule has 0 aliphatic carbocycles. The summed E-state index contributed by atoms with van der Waals surface area (Å²) in [6, 6.07) is 18.3. The summed E-state index contributed by atoms with van der Waals surface area (Å²) in [7, 11) is 0. The molecule has 1 heterocycles. The summed E-state index contributed by atoms with van der Waals surface area (Å²) in [6.45, 7) is 3.82. The molecule has 5 heteroatoms. The molecule has 0 saturated heterocycles. The average molecular weight is 365 g/mol. The number of esters is 1. The number of amides is 1. The van der Waals surface area contributed by atoms with Gasteiger partial charge in [-0.2, -0.15) is 0 Å². The van der Waals surface area contributed by atoms with Crippen LogP contribution in [0.5, 0.6) is 0 Å². The Bertz CT molecular complexity index is 901. The number of aryl methyl sites for hydroxylation is 2. The lowest BCUT2D eigenvalue weighted by Crippen LogP contribution is -2.25. The Labute approximate surface area is 156 Å². The second kappa shape index (κ2) is 7.97. The molecule has 1 unspecified atom stereocenters. The lowest BCUT2D eigenvalue weighted by molar-refractivity contribution is -0.125. The number of ether oxygens (including phenoxy) is 1. The maximum atomic E-state index is 12.8. The number of carbonyl (C=O) groups is 2. The normalized spacial score (nSPS) is 11.6. The molecule has 0 fully saturated rings. The number of hydrogen-bond donors (Lipinski definition) is 1. The van der Waals surface area contributed by atoms with Crippen LogP contribution in [0.1, 0.15) is 32.5 Å². The molecule has 3 aromatic rings. The first-order valence-electron chi connectivity index (χ1n) is 8.22. The van der Waals surface area contributed by atoms with Crippen LogP contribution in [0.15, 0.2) is 66.0 Å². The molecule has 4 nitrogen and oxygen atoms in total. The van der Waals surface area contributed by atoms with Crippen LogP contribution in [0.3, 0.4) is 0 Å². The van der Waals surface area contributed by atoms with Gasteiger partial charge in [0.25, 0.3) is 5.91 Å². The highest BCUT2D eigenvalue weighted by molar-refractivity contribution is 7.12. The highest BCUT2D eigenvalue weighted by Crippen LogP contribution is 2.24. The molecule has 3 rings (SSSR count). The number of rotatable bonds is 5. The van der Waals surface area contributed by atoms with Gasteiger partial charge in [-0.25, -0.2) is 4.79 Å². The van der Waals surface area contributed by atoms with E-state index in [0.717, 1.165) is 11.1 Å². The summed E-state index contributed by atoms with van der Waals surface area (Å²) in [5.41, 5.74) is 3.22. The highest BCUT2D eigenvalue weighted by atomic mass is 32.1. The molecule has 0 bridgehead atoms. The van der Waals surface area contributed by atoms with Crippen LogP contribution in [-0.2, 0) is 9.53 Å².